The molecule has 2 aliphatic heterocycles. The second kappa shape index (κ2) is 8.15. The van der Waals surface area contributed by atoms with E-state index in [1.54, 1.807) is 0 Å². The van der Waals surface area contributed by atoms with Gasteiger partial charge < -0.3 is 15.0 Å². The smallest absolute Gasteiger partial charge is 0.154 e. The van der Waals surface area contributed by atoms with Crippen molar-refractivity contribution >= 4 is 5.82 Å². The topological polar surface area (TPSA) is 66.1 Å². The number of hydrogen-bond acceptors (Lipinski definition) is 5. The number of nitrogens with one attached hydrogen (secondary N) is 2. The number of rotatable bonds is 2. The van der Waals surface area contributed by atoms with Crippen LogP contribution in [0.25, 0.3) is 0 Å². The van der Waals surface area contributed by atoms with E-state index in [2.05, 4.69) is 21.4 Å². The molecular formula is C19H29N5O. The SMILES string of the molecule is c1cc(C2CCCCN2)[nH]nc(N2CCOCC2)c2c(n1)CCCC2. The highest BCUT2D eigenvalue weighted by atomic mass is 16.5. The monoisotopic (exact) mass is 343 g/mol. The zero-order valence-electron chi connectivity index (χ0n) is 15.0. The minimum atomic E-state index is 0.352. The average molecular weight is 343 g/mol. The number of morpholine rings is 1. The molecule has 0 spiro atoms. The maximum absolute atomic E-state index is 5.54. The Morgan fingerprint density at radius 2 is 1.96 bits per heavy atom. The first kappa shape index (κ1) is 16.8. The number of anilines is 1. The van der Waals surface area contributed by atoms with Gasteiger partial charge in [0.2, 0.25) is 0 Å². The first-order valence-corrected chi connectivity index (χ1v) is 9.78. The second-order valence-corrected chi connectivity index (χ2v) is 7.18. The zero-order valence-corrected chi connectivity index (χ0v) is 15.0. The molecule has 2 saturated heterocycles. The quantitative estimate of drug-likeness (QED) is 0.863. The van der Waals surface area contributed by atoms with Crippen LogP contribution >= 0.6 is 0 Å². The van der Waals surface area contributed by atoms with Crippen molar-refractivity contribution in [3.05, 3.63) is 29.2 Å². The van der Waals surface area contributed by atoms with Crippen molar-refractivity contribution in [2.45, 2.75) is 51.0 Å². The lowest BCUT2D eigenvalue weighted by atomic mass is 9.96. The molecule has 0 aromatic carbocycles. The number of H-pyrrole nitrogens is 1. The third kappa shape index (κ3) is 3.96. The maximum atomic E-state index is 5.54. The van der Waals surface area contributed by atoms with Crippen LogP contribution in [0, 0.1) is 0 Å². The van der Waals surface area contributed by atoms with Crippen LogP contribution in [-0.4, -0.2) is 48.0 Å². The van der Waals surface area contributed by atoms with E-state index < -0.39 is 0 Å². The van der Waals surface area contributed by atoms with Crippen LogP contribution in [0.1, 0.15) is 55.1 Å². The molecule has 3 heterocycles. The molecular weight excluding hydrogens is 314 g/mol. The molecule has 0 saturated carbocycles. The maximum Gasteiger partial charge on any atom is 0.154 e. The van der Waals surface area contributed by atoms with Gasteiger partial charge in [-0.3, -0.25) is 10.1 Å². The number of nitrogens with zero attached hydrogens (tertiary/aromatic N) is 3. The Morgan fingerprint density at radius 1 is 1.08 bits per heavy atom. The van der Waals surface area contributed by atoms with Gasteiger partial charge >= 0.3 is 0 Å². The van der Waals surface area contributed by atoms with E-state index in [0.29, 0.717) is 6.04 Å². The molecule has 0 radical (unpaired) electrons. The lowest BCUT2D eigenvalue weighted by Crippen LogP contribution is -2.37. The molecule has 4 rings (SSSR count). The van der Waals surface area contributed by atoms with E-state index >= 15 is 0 Å². The van der Waals surface area contributed by atoms with Crippen LogP contribution in [0.15, 0.2) is 12.3 Å². The lowest BCUT2D eigenvalue weighted by molar-refractivity contribution is 0.122. The van der Waals surface area contributed by atoms with Gasteiger partial charge in [-0.15, -0.1) is 0 Å². The number of aromatic amines is 1. The van der Waals surface area contributed by atoms with Crippen LogP contribution in [0.3, 0.4) is 0 Å². The van der Waals surface area contributed by atoms with E-state index in [1.165, 1.54) is 36.9 Å². The molecule has 1 aromatic heterocycles. The van der Waals surface area contributed by atoms with E-state index in [9.17, 15) is 0 Å². The minimum absolute atomic E-state index is 0.352. The predicted molar refractivity (Wildman–Crippen MR) is 98.3 cm³/mol. The second-order valence-electron chi connectivity index (χ2n) is 7.18. The minimum Gasteiger partial charge on any atom is -0.378 e. The summed E-state index contributed by atoms with van der Waals surface area (Å²) in [5, 5.41) is 11.9. The Hall–Kier alpha value is -1.66. The van der Waals surface area contributed by atoms with Gasteiger partial charge in [-0.25, -0.2) is 0 Å². The Morgan fingerprint density at radius 3 is 2.80 bits per heavy atom. The largest absolute Gasteiger partial charge is 0.378 e. The summed E-state index contributed by atoms with van der Waals surface area (Å²) in [6, 6.07) is 2.46. The molecule has 1 atom stereocenters. The van der Waals surface area contributed by atoms with Crippen molar-refractivity contribution in [3.8, 4) is 0 Å². The molecule has 25 heavy (non-hydrogen) atoms. The molecule has 0 bridgehead atoms. The summed E-state index contributed by atoms with van der Waals surface area (Å²) in [5.41, 5.74) is 3.67. The number of ether oxygens (including phenoxy) is 1. The van der Waals surface area contributed by atoms with Crippen molar-refractivity contribution < 1.29 is 4.74 Å². The van der Waals surface area contributed by atoms with Gasteiger partial charge in [-0.2, -0.15) is 5.10 Å². The van der Waals surface area contributed by atoms with Crippen molar-refractivity contribution in [1.29, 1.82) is 0 Å². The number of fused-ring (bicyclic) bond motifs is 1. The molecule has 1 aromatic rings. The predicted octanol–water partition coefficient (Wildman–Crippen LogP) is 2.46. The summed E-state index contributed by atoms with van der Waals surface area (Å²) in [5.74, 6) is 1.08. The van der Waals surface area contributed by atoms with Crippen LogP contribution in [-0.2, 0) is 17.6 Å². The van der Waals surface area contributed by atoms with Gasteiger partial charge in [0.25, 0.3) is 0 Å². The van der Waals surface area contributed by atoms with E-state index in [0.717, 1.165) is 63.6 Å². The fourth-order valence-electron chi connectivity index (χ4n) is 4.05. The Kier molecular flexibility index (Phi) is 5.47. The van der Waals surface area contributed by atoms with Crippen molar-refractivity contribution in [3.63, 3.8) is 0 Å². The van der Waals surface area contributed by atoms with Gasteiger partial charge in [0, 0.05) is 36.6 Å². The highest BCUT2D eigenvalue weighted by Gasteiger charge is 2.21. The Bertz CT molecular complexity index is 631. The summed E-state index contributed by atoms with van der Waals surface area (Å²) >= 11 is 0. The van der Waals surface area contributed by atoms with E-state index in [-0.39, 0.29) is 0 Å². The Balaban J connectivity index is 1.77. The molecule has 3 aliphatic rings. The lowest BCUT2D eigenvalue weighted by Gasteiger charge is -2.30. The normalized spacial score (nSPS) is 23.7. The number of piperidine rings is 1. The Labute approximate surface area is 149 Å². The number of aromatic nitrogens is 3. The molecule has 2 N–H and O–H groups in total. The summed E-state index contributed by atoms with van der Waals surface area (Å²) in [6.45, 7) is 4.44. The molecule has 2 fully saturated rings. The molecule has 1 aliphatic carbocycles. The molecule has 0 amide bonds. The zero-order chi connectivity index (χ0) is 16.9. The van der Waals surface area contributed by atoms with Gasteiger partial charge in [0.05, 0.1) is 18.9 Å². The molecule has 6 heteroatoms. The highest BCUT2D eigenvalue weighted by molar-refractivity contribution is 5.48. The molecule has 136 valence electrons. The van der Waals surface area contributed by atoms with Gasteiger partial charge in [-0.1, -0.05) is 6.42 Å². The molecule has 1 unspecified atom stereocenters. The van der Waals surface area contributed by atoms with Crippen molar-refractivity contribution in [1.82, 2.24) is 20.5 Å². The summed E-state index contributed by atoms with van der Waals surface area (Å²) in [4.78, 5) is 7.19. The molecule has 6 nitrogen and oxygen atoms in total. The van der Waals surface area contributed by atoms with E-state index in [1.807, 2.05) is 6.20 Å². The first-order chi connectivity index (χ1) is 12.4. The van der Waals surface area contributed by atoms with Crippen LogP contribution in [0.4, 0.5) is 5.82 Å². The van der Waals surface area contributed by atoms with Gasteiger partial charge in [0.1, 0.15) is 0 Å². The standard InChI is InChI=1S/C19H29N5O/c1-2-6-16-15(5-1)19(24-11-13-25-14-12-24)23-22-18(8-10-21-16)17-7-3-4-9-20-17/h8,10,17,20,22H,1-7,9,11-14H2. The van der Waals surface area contributed by atoms with Crippen molar-refractivity contribution in [2.24, 2.45) is 0 Å². The first-order valence-electron chi connectivity index (χ1n) is 9.78. The van der Waals surface area contributed by atoms with E-state index in [4.69, 9.17) is 14.8 Å². The van der Waals surface area contributed by atoms with Gasteiger partial charge in [0.15, 0.2) is 5.82 Å². The fraction of sp³-hybridized carbons (Fsp3) is 0.684. The summed E-state index contributed by atoms with van der Waals surface area (Å²) in [7, 11) is 0. The third-order valence-corrected chi connectivity index (χ3v) is 5.48. The fourth-order valence-corrected chi connectivity index (χ4v) is 4.05. The van der Waals surface area contributed by atoms with Crippen LogP contribution < -0.4 is 10.2 Å². The van der Waals surface area contributed by atoms with Crippen LogP contribution in [0.2, 0.25) is 0 Å². The van der Waals surface area contributed by atoms with Crippen molar-refractivity contribution in [2.75, 3.05) is 37.7 Å². The highest BCUT2D eigenvalue weighted by Crippen LogP contribution is 2.27. The number of aryl methyl sites for hydroxylation is 1. The number of hydrogen-bond donors (Lipinski definition) is 2. The average Bonchev–Trinajstić information content (AvgIpc) is 2.78. The summed E-state index contributed by atoms with van der Waals surface area (Å²) in [6.07, 6.45) is 10.2. The summed E-state index contributed by atoms with van der Waals surface area (Å²) < 4.78 is 5.54. The van der Waals surface area contributed by atoms with Gasteiger partial charge in [-0.05, 0) is 51.1 Å². The van der Waals surface area contributed by atoms with Crippen LogP contribution in [0.5, 0.6) is 0 Å². The third-order valence-electron chi connectivity index (χ3n) is 5.48.